The van der Waals surface area contributed by atoms with Crippen molar-refractivity contribution in [3.63, 3.8) is 0 Å². The number of benzene rings is 3. The van der Waals surface area contributed by atoms with Gasteiger partial charge in [0.05, 0.1) is 11.0 Å². The Bertz CT molecular complexity index is 1240. The summed E-state index contributed by atoms with van der Waals surface area (Å²) in [5.41, 5.74) is 7.95. The first-order valence-electron chi connectivity index (χ1n) is 10.2. The van der Waals surface area contributed by atoms with Gasteiger partial charge in [-0.25, -0.2) is 9.37 Å². The molecule has 33 heavy (non-hydrogen) atoms. The lowest BCUT2D eigenvalue weighted by atomic mass is 10.1. The number of H-pyrrole nitrogens is 1. The second kappa shape index (κ2) is 10.2. The highest BCUT2D eigenvalue weighted by atomic mass is 32.2. The third-order valence-electron chi connectivity index (χ3n) is 4.77. The number of hydrogen-bond donors (Lipinski definition) is 3. The van der Waals surface area contributed by atoms with Gasteiger partial charge in [-0.1, -0.05) is 48.2 Å². The van der Waals surface area contributed by atoms with E-state index in [1.807, 2.05) is 36.4 Å². The van der Waals surface area contributed by atoms with Crippen molar-refractivity contribution in [1.82, 2.24) is 20.8 Å². The van der Waals surface area contributed by atoms with Crippen LogP contribution in [0.3, 0.4) is 0 Å². The number of fused-ring (bicyclic) bond motifs is 1. The number of amides is 2. The molecule has 0 radical (unpaired) electrons. The highest BCUT2D eigenvalue weighted by Gasteiger charge is 2.17. The van der Waals surface area contributed by atoms with Crippen molar-refractivity contribution in [3.8, 4) is 5.75 Å². The van der Waals surface area contributed by atoms with Crippen LogP contribution in [-0.4, -0.2) is 27.9 Å². The summed E-state index contributed by atoms with van der Waals surface area (Å²) >= 11 is 1.57. The van der Waals surface area contributed by atoms with Crippen molar-refractivity contribution in [2.75, 3.05) is 0 Å². The Balaban J connectivity index is 1.26. The number of para-hydroxylation sites is 3. The summed E-state index contributed by atoms with van der Waals surface area (Å²) in [5.74, 6) is -1.01. The van der Waals surface area contributed by atoms with Crippen molar-refractivity contribution in [2.24, 2.45) is 0 Å². The number of aromatic nitrogens is 2. The summed E-state index contributed by atoms with van der Waals surface area (Å²) in [4.78, 5) is 32.3. The fraction of sp³-hybridized carbons (Fsp3) is 0.125. The second-order valence-corrected chi connectivity index (χ2v) is 8.14. The molecule has 0 aliphatic rings. The van der Waals surface area contributed by atoms with Crippen LogP contribution in [0.4, 0.5) is 4.39 Å². The topological polar surface area (TPSA) is 96.1 Å². The van der Waals surface area contributed by atoms with Crippen molar-refractivity contribution < 1.29 is 18.7 Å². The number of aromatic amines is 1. The van der Waals surface area contributed by atoms with E-state index in [1.165, 1.54) is 25.1 Å². The monoisotopic (exact) mass is 464 g/mol. The number of carbonyl (C=O) groups excluding carboxylic acids is 2. The molecule has 9 heteroatoms. The van der Waals surface area contributed by atoms with E-state index in [1.54, 1.807) is 30.0 Å². The maximum absolute atomic E-state index is 13.6. The molecule has 0 bridgehead atoms. The van der Waals surface area contributed by atoms with Crippen LogP contribution in [0, 0.1) is 5.82 Å². The molecule has 4 aromatic rings. The zero-order valence-corrected chi connectivity index (χ0v) is 18.5. The maximum Gasteiger partial charge on any atom is 0.279 e. The molecule has 1 unspecified atom stereocenters. The minimum atomic E-state index is -1.00. The molecule has 1 aromatic heterocycles. The van der Waals surface area contributed by atoms with Crippen molar-refractivity contribution >= 4 is 34.6 Å². The highest BCUT2D eigenvalue weighted by Crippen LogP contribution is 2.23. The first kappa shape index (κ1) is 22.3. The van der Waals surface area contributed by atoms with Gasteiger partial charge in [0.2, 0.25) is 0 Å². The van der Waals surface area contributed by atoms with E-state index < -0.39 is 23.7 Å². The quantitative estimate of drug-likeness (QED) is 0.281. The number of imidazole rings is 1. The van der Waals surface area contributed by atoms with Crippen LogP contribution in [0.15, 0.2) is 78.0 Å². The molecule has 4 rings (SSSR count). The summed E-state index contributed by atoms with van der Waals surface area (Å²) < 4.78 is 18.9. The molecule has 7 nitrogen and oxygen atoms in total. The molecule has 0 spiro atoms. The molecule has 3 aromatic carbocycles. The Kier molecular flexibility index (Phi) is 6.89. The van der Waals surface area contributed by atoms with E-state index >= 15 is 0 Å². The van der Waals surface area contributed by atoms with Gasteiger partial charge in [-0.2, -0.15) is 0 Å². The lowest BCUT2D eigenvalue weighted by Crippen LogP contribution is -2.47. The number of carbonyl (C=O) groups is 2. The SMILES string of the molecule is CC(Oc1ccccc1F)C(=O)NNC(=O)c1ccc(CSc2nc3ccccc3[nH]2)cc1. The number of hydrogen-bond acceptors (Lipinski definition) is 5. The number of halogens is 1. The zero-order chi connectivity index (χ0) is 23.2. The van der Waals surface area contributed by atoms with Crippen LogP contribution in [0.2, 0.25) is 0 Å². The average Bonchev–Trinajstić information content (AvgIpc) is 3.26. The number of thioether (sulfide) groups is 1. The molecule has 0 saturated heterocycles. The van der Waals surface area contributed by atoms with Crippen molar-refractivity contribution in [2.45, 2.75) is 23.9 Å². The van der Waals surface area contributed by atoms with E-state index in [-0.39, 0.29) is 5.75 Å². The van der Waals surface area contributed by atoms with E-state index in [9.17, 15) is 14.0 Å². The molecule has 0 saturated carbocycles. The fourth-order valence-corrected chi connectivity index (χ4v) is 3.82. The van der Waals surface area contributed by atoms with Crippen molar-refractivity contribution in [1.29, 1.82) is 0 Å². The summed E-state index contributed by atoms with van der Waals surface area (Å²) in [5, 5.41) is 0.826. The Labute approximate surface area is 193 Å². The number of nitrogens with one attached hydrogen (secondary N) is 3. The highest BCUT2D eigenvalue weighted by molar-refractivity contribution is 7.98. The Morgan fingerprint density at radius 2 is 1.76 bits per heavy atom. The van der Waals surface area contributed by atoms with Gasteiger partial charge in [0, 0.05) is 11.3 Å². The molecule has 2 amide bonds. The van der Waals surface area contributed by atoms with Gasteiger partial charge in [-0.3, -0.25) is 20.4 Å². The number of ether oxygens (including phenoxy) is 1. The predicted molar refractivity (Wildman–Crippen MR) is 124 cm³/mol. The lowest BCUT2D eigenvalue weighted by Gasteiger charge is -2.15. The van der Waals surface area contributed by atoms with Crippen LogP contribution >= 0.6 is 11.8 Å². The average molecular weight is 465 g/mol. The molecule has 0 aliphatic carbocycles. The molecule has 0 aliphatic heterocycles. The number of nitrogens with zero attached hydrogens (tertiary/aromatic N) is 1. The van der Waals surface area contributed by atoms with Gasteiger partial charge in [0.15, 0.2) is 22.8 Å². The summed E-state index contributed by atoms with van der Waals surface area (Å²) in [7, 11) is 0. The van der Waals surface area contributed by atoms with Gasteiger partial charge < -0.3 is 9.72 Å². The van der Waals surface area contributed by atoms with E-state index in [0.717, 1.165) is 21.8 Å². The minimum Gasteiger partial charge on any atom is -0.478 e. The lowest BCUT2D eigenvalue weighted by molar-refractivity contribution is -0.128. The third-order valence-corrected chi connectivity index (χ3v) is 5.71. The van der Waals surface area contributed by atoms with Crippen LogP contribution in [0.5, 0.6) is 5.75 Å². The Morgan fingerprint density at radius 1 is 1.03 bits per heavy atom. The molecule has 1 heterocycles. The van der Waals surface area contributed by atoms with Crippen molar-refractivity contribution in [3.05, 3.63) is 89.7 Å². The summed E-state index contributed by atoms with van der Waals surface area (Å²) in [6.45, 7) is 1.46. The first-order chi connectivity index (χ1) is 16.0. The zero-order valence-electron chi connectivity index (χ0n) is 17.7. The van der Waals surface area contributed by atoms with Gasteiger partial charge in [0.1, 0.15) is 0 Å². The van der Waals surface area contributed by atoms with Crippen LogP contribution in [0.1, 0.15) is 22.8 Å². The minimum absolute atomic E-state index is 0.0393. The molecule has 1 atom stereocenters. The first-order valence-corrected chi connectivity index (χ1v) is 11.2. The maximum atomic E-state index is 13.6. The van der Waals surface area contributed by atoms with Crippen LogP contribution < -0.4 is 15.6 Å². The molecule has 168 valence electrons. The molecule has 3 N–H and O–H groups in total. The Hall–Kier alpha value is -3.85. The molecule has 0 fully saturated rings. The van der Waals surface area contributed by atoms with Gasteiger partial charge in [-0.05, 0) is 48.9 Å². The van der Waals surface area contributed by atoms with Crippen LogP contribution in [-0.2, 0) is 10.5 Å². The number of rotatable bonds is 7. The third kappa shape index (κ3) is 5.69. The van der Waals surface area contributed by atoms with E-state index in [0.29, 0.717) is 11.3 Å². The summed E-state index contributed by atoms with van der Waals surface area (Å²) in [6, 6.07) is 20.7. The summed E-state index contributed by atoms with van der Waals surface area (Å²) in [6.07, 6.45) is -1.00. The fourth-order valence-electron chi connectivity index (χ4n) is 2.98. The van der Waals surface area contributed by atoms with Gasteiger partial charge in [-0.15, -0.1) is 0 Å². The molecular formula is C24H21FN4O3S. The molecular weight excluding hydrogens is 443 g/mol. The van der Waals surface area contributed by atoms with Gasteiger partial charge in [0.25, 0.3) is 11.8 Å². The largest absolute Gasteiger partial charge is 0.478 e. The normalized spacial score (nSPS) is 11.7. The predicted octanol–water partition coefficient (Wildman–Crippen LogP) is 4.22. The second-order valence-electron chi connectivity index (χ2n) is 7.18. The van der Waals surface area contributed by atoms with E-state index in [4.69, 9.17) is 4.74 Å². The smallest absolute Gasteiger partial charge is 0.279 e. The van der Waals surface area contributed by atoms with E-state index in [2.05, 4.69) is 20.8 Å². The van der Waals surface area contributed by atoms with Crippen LogP contribution in [0.25, 0.3) is 11.0 Å². The van der Waals surface area contributed by atoms with Gasteiger partial charge >= 0.3 is 0 Å². The standard InChI is InChI=1S/C24H21FN4O3S/c1-15(32-21-9-5-2-6-18(21)25)22(30)28-29-23(31)17-12-10-16(11-13-17)14-33-24-26-19-7-3-4-8-20(19)27-24/h2-13,15H,14H2,1H3,(H,26,27)(H,28,30)(H,29,31). The Morgan fingerprint density at radius 3 is 2.52 bits per heavy atom. The number of hydrazine groups is 1.